The first kappa shape index (κ1) is 21.7. The zero-order chi connectivity index (χ0) is 22.3. The molecule has 1 aromatic heterocycles. The number of halogens is 4. The summed E-state index contributed by atoms with van der Waals surface area (Å²) in [4.78, 5) is 15.3. The lowest BCUT2D eigenvalue weighted by Crippen LogP contribution is -2.33. The smallest absolute Gasteiger partial charge is 0.450 e. The second-order valence-corrected chi connectivity index (χ2v) is 8.44. The Hall–Kier alpha value is -2.51. The normalized spacial score (nSPS) is 17.9. The number of hydrogen-bond donors (Lipinski definition) is 1. The Bertz CT molecular complexity index is 1190. The van der Waals surface area contributed by atoms with Crippen molar-refractivity contribution in [3.63, 3.8) is 0 Å². The molecule has 0 amide bonds. The van der Waals surface area contributed by atoms with Gasteiger partial charge in [-0.3, -0.25) is 9.69 Å². The highest BCUT2D eigenvalue weighted by Crippen LogP contribution is 2.41. The predicted molar refractivity (Wildman–Crippen MR) is 113 cm³/mol. The van der Waals surface area contributed by atoms with Gasteiger partial charge in [-0.15, -0.1) is 0 Å². The fourth-order valence-electron chi connectivity index (χ4n) is 4.22. The van der Waals surface area contributed by atoms with Crippen LogP contribution in [0.25, 0.3) is 22.1 Å². The van der Waals surface area contributed by atoms with E-state index in [2.05, 4.69) is 11.8 Å². The summed E-state index contributed by atoms with van der Waals surface area (Å²) in [6, 6.07) is 8.46. The summed E-state index contributed by atoms with van der Waals surface area (Å²) in [7, 11) is 0. The van der Waals surface area contributed by atoms with Gasteiger partial charge < -0.3 is 9.52 Å². The molecule has 1 atom stereocenters. The molecule has 0 radical (unpaired) electrons. The molecule has 0 bridgehead atoms. The molecule has 1 N–H and O–H groups in total. The minimum Gasteiger partial charge on any atom is -0.507 e. The van der Waals surface area contributed by atoms with E-state index in [4.69, 9.17) is 16.0 Å². The molecule has 0 spiro atoms. The number of likely N-dealkylation sites (tertiary alicyclic amines) is 1. The Labute approximate surface area is 181 Å². The van der Waals surface area contributed by atoms with Crippen LogP contribution in [-0.4, -0.2) is 23.1 Å². The number of aromatic hydroxyl groups is 1. The van der Waals surface area contributed by atoms with Gasteiger partial charge >= 0.3 is 6.18 Å². The third kappa shape index (κ3) is 4.16. The molecule has 2 heterocycles. The molecular formula is C23H21ClF3NO3. The number of phenols is 1. The van der Waals surface area contributed by atoms with Crippen molar-refractivity contribution in [3.8, 4) is 16.9 Å². The first-order valence-electron chi connectivity index (χ1n) is 10.0. The molecular weight excluding hydrogens is 431 g/mol. The summed E-state index contributed by atoms with van der Waals surface area (Å²) in [5.41, 5.74) is -1.58. The predicted octanol–water partition coefficient (Wildman–Crippen LogP) is 6.07. The van der Waals surface area contributed by atoms with Crippen molar-refractivity contribution in [2.45, 2.75) is 32.5 Å². The number of fused-ring (bicyclic) bond motifs is 1. The molecule has 0 aliphatic carbocycles. The highest BCUT2D eigenvalue weighted by atomic mass is 35.5. The second-order valence-electron chi connectivity index (χ2n) is 8.04. The van der Waals surface area contributed by atoms with E-state index in [9.17, 15) is 23.1 Å². The SMILES string of the molecule is C[C@H]1CCCN(Cc2c(O)ccc3c(=O)c(-c4ccccc4Cl)c(C(F)(F)F)oc23)C1. The summed E-state index contributed by atoms with van der Waals surface area (Å²) >= 11 is 6.11. The van der Waals surface area contributed by atoms with Gasteiger partial charge in [-0.05, 0) is 43.5 Å². The summed E-state index contributed by atoms with van der Waals surface area (Å²) < 4.78 is 47.3. The Morgan fingerprint density at radius 1 is 1.23 bits per heavy atom. The van der Waals surface area contributed by atoms with Crippen molar-refractivity contribution in [2.24, 2.45) is 5.92 Å². The van der Waals surface area contributed by atoms with Crippen LogP contribution in [0.1, 0.15) is 31.1 Å². The minimum absolute atomic E-state index is 0.0148. The number of alkyl halides is 3. The molecule has 4 rings (SSSR count). The second kappa shape index (κ2) is 8.20. The van der Waals surface area contributed by atoms with Gasteiger partial charge in [0.25, 0.3) is 0 Å². The van der Waals surface area contributed by atoms with Crippen LogP contribution in [0.15, 0.2) is 45.6 Å². The average Bonchev–Trinajstić information content (AvgIpc) is 2.70. The van der Waals surface area contributed by atoms with Gasteiger partial charge in [0.2, 0.25) is 11.2 Å². The minimum atomic E-state index is -4.93. The highest BCUT2D eigenvalue weighted by molar-refractivity contribution is 6.33. The van der Waals surface area contributed by atoms with Gasteiger partial charge in [-0.1, -0.05) is 36.7 Å². The van der Waals surface area contributed by atoms with Gasteiger partial charge in [-0.25, -0.2) is 0 Å². The van der Waals surface area contributed by atoms with E-state index in [-0.39, 0.29) is 39.4 Å². The number of phenolic OH excluding ortho intramolecular Hbond substituents is 1. The van der Waals surface area contributed by atoms with E-state index in [1.165, 1.54) is 30.3 Å². The van der Waals surface area contributed by atoms with E-state index >= 15 is 0 Å². The van der Waals surface area contributed by atoms with Crippen molar-refractivity contribution < 1.29 is 22.7 Å². The molecule has 0 saturated carbocycles. The summed E-state index contributed by atoms with van der Waals surface area (Å²) in [6.45, 7) is 3.81. The largest absolute Gasteiger partial charge is 0.507 e. The Balaban J connectivity index is 1.97. The van der Waals surface area contributed by atoms with Crippen molar-refractivity contribution in [2.75, 3.05) is 13.1 Å². The zero-order valence-corrected chi connectivity index (χ0v) is 17.6. The molecule has 164 valence electrons. The van der Waals surface area contributed by atoms with E-state index < -0.39 is 22.9 Å². The third-order valence-electron chi connectivity index (χ3n) is 5.66. The number of nitrogens with zero attached hydrogens (tertiary/aromatic N) is 1. The maximum atomic E-state index is 14.0. The quantitative estimate of drug-likeness (QED) is 0.525. The highest BCUT2D eigenvalue weighted by Gasteiger charge is 2.40. The van der Waals surface area contributed by atoms with E-state index in [1.54, 1.807) is 6.07 Å². The zero-order valence-electron chi connectivity index (χ0n) is 16.8. The average molecular weight is 452 g/mol. The van der Waals surface area contributed by atoms with Crippen LogP contribution in [0, 0.1) is 5.92 Å². The van der Waals surface area contributed by atoms with Gasteiger partial charge in [-0.2, -0.15) is 13.2 Å². The van der Waals surface area contributed by atoms with Crippen LogP contribution in [0.4, 0.5) is 13.2 Å². The van der Waals surface area contributed by atoms with Crippen LogP contribution in [-0.2, 0) is 12.7 Å². The van der Waals surface area contributed by atoms with Crippen LogP contribution >= 0.6 is 11.6 Å². The Morgan fingerprint density at radius 2 is 1.97 bits per heavy atom. The lowest BCUT2D eigenvalue weighted by Gasteiger charge is -2.31. The van der Waals surface area contributed by atoms with Crippen LogP contribution in [0.3, 0.4) is 0 Å². The molecule has 1 aliphatic rings. The lowest BCUT2D eigenvalue weighted by atomic mass is 9.98. The molecule has 31 heavy (non-hydrogen) atoms. The van der Waals surface area contributed by atoms with Gasteiger partial charge in [0.1, 0.15) is 11.3 Å². The number of rotatable bonds is 3. The van der Waals surface area contributed by atoms with Gasteiger partial charge in [0.15, 0.2) is 0 Å². The summed E-state index contributed by atoms with van der Waals surface area (Å²) in [6.07, 6.45) is -2.89. The molecule has 1 aliphatic heterocycles. The maximum absolute atomic E-state index is 14.0. The van der Waals surface area contributed by atoms with Crippen molar-refractivity contribution >= 4 is 22.6 Å². The van der Waals surface area contributed by atoms with E-state index in [0.29, 0.717) is 5.92 Å². The summed E-state index contributed by atoms with van der Waals surface area (Å²) in [5, 5.41) is 10.4. The topological polar surface area (TPSA) is 53.7 Å². The molecule has 4 nitrogen and oxygen atoms in total. The molecule has 2 aromatic carbocycles. The van der Waals surface area contributed by atoms with Crippen molar-refractivity contribution in [1.29, 1.82) is 0 Å². The Morgan fingerprint density at radius 3 is 2.65 bits per heavy atom. The fraction of sp³-hybridized carbons (Fsp3) is 0.348. The number of piperidine rings is 1. The molecule has 1 saturated heterocycles. The standard InChI is InChI=1S/C23H21ClF3NO3/c1-13-5-4-10-28(11-13)12-16-18(29)9-8-15-20(30)19(14-6-2-3-7-17(14)24)22(23(25,26)27)31-21(15)16/h2-3,6-9,13,29H,4-5,10-12H2,1H3/t13-/m0/s1. The molecule has 3 aromatic rings. The number of hydrogen-bond acceptors (Lipinski definition) is 4. The van der Waals surface area contributed by atoms with Gasteiger partial charge in [0.05, 0.1) is 16.5 Å². The molecule has 0 unspecified atom stereocenters. The number of benzene rings is 2. The maximum Gasteiger partial charge on any atom is 0.450 e. The lowest BCUT2D eigenvalue weighted by molar-refractivity contribution is -0.152. The first-order valence-corrected chi connectivity index (χ1v) is 10.4. The molecule has 8 heteroatoms. The van der Waals surface area contributed by atoms with Crippen molar-refractivity contribution in [1.82, 2.24) is 4.90 Å². The van der Waals surface area contributed by atoms with Gasteiger partial charge in [0, 0.05) is 23.7 Å². The third-order valence-corrected chi connectivity index (χ3v) is 5.99. The molecule has 1 fully saturated rings. The first-order chi connectivity index (χ1) is 14.7. The van der Waals surface area contributed by atoms with Crippen LogP contribution < -0.4 is 5.43 Å². The van der Waals surface area contributed by atoms with E-state index in [0.717, 1.165) is 25.9 Å². The summed E-state index contributed by atoms with van der Waals surface area (Å²) in [5.74, 6) is -1.18. The van der Waals surface area contributed by atoms with Crippen LogP contribution in [0.5, 0.6) is 5.75 Å². The van der Waals surface area contributed by atoms with Crippen molar-refractivity contribution in [3.05, 3.63) is 63.0 Å². The van der Waals surface area contributed by atoms with E-state index in [1.807, 2.05) is 0 Å². The monoisotopic (exact) mass is 451 g/mol. The van der Waals surface area contributed by atoms with Crippen LogP contribution in [0.2, 0.25) is 5.02 Å². The Kier molecular flexibility index (Phi) is 5.75. The fourth-order valence-corrected chi connectivity index (χ4v) is 4.45.